The molecule has 0 aliphatic rings. The fourth-order valence-corrected chi connectivity index (χ4v) is 9.85. The van der Waals surface area contributed by atoms with Gasteiger partial charge in [-0.25, -0.2) is 9.13 Å². The third-order valence-corrected chi connectivity index (χ3v) is 14.3. The van der Waals surface area contributed by atoms with E-state index in [-0.39, 0.29) is 44.2 Å². The Balaban J connectivity index is 0.0000205. The Morgan fingerprint density at radius 1 is 0.385 bits per heavy atom. The molecule has 0 bridgehead atoms. The topological polar surface area (TPSA) is 51.1 Å². The molecule has 376 valence electrons. The summed E-state index contributed by atoms with van der Waals surface area (Å²) in [4.78, 5) is 26.0. The number of halogens is 2. The predicted octanol–water partition coefficient (Wildman–Crippen LogP) is 11.8. The van der Waals surface area contributed by atoms with Crippen LogP contribution in [-0.2, 0) is 22.7 Å². The zero-order valence-electron chi connectivity index (χ0n) is 42.0. The van der Waals surface area contributed by atoms with Crippen LogP contribution in [0.15, 0.2) is 53.9 Å². The lowest BCUT2D eigenvalue weighted by atomic mass is 10.0. The summed E-state index contributed by atoms with van der Waals surface area (Å²) >= 11 is 2.36. The van der Waals surface area contributed by atoms with Gasteiger partial charge in [0.15, 0.2) is 29.9 Å². The summed E-state index contributed by atoms with van der Waals surface area (Å²) in [6, 6.07) is 8.12. The van der Waals surface area contributed by atoms with Gasteiger partial charge >= 0.3 is 0 Å². The van der Waals surface area contributed by atoms with Crippen LogP contribution in [0.4, 0.5) is 0 Å². The molecule has 2 aromatic rings. The molecule has 0 aliphatic heterocycles. The average Bonchev–Trinajstić information content (AvgIpc) is 3.29. The maximum absolute atomic E-state index is 12.6. The van der Waals surface area contributed by atoms with Crippen LogP contribution in [0.1, 0.15) is 271 Å². The summed E-state index contributed by atoms with van der Waals surface area (Å²) in [6.45, 7) is 6.68. The molecule has 0 aliphatic carbocycles. The number of hydrogen-bond donors (Lipinski definition) is 0. The summed E-state index contributed by atoms with van der Waals surface area (Å²) in [5.74, 6) is 0.737. The van der Waals surface area contributed by atoms with E-state index in [0.717, 1.165) is 74.3 Å². The van der Waals surface area contributed by atoms with Gasteiger partial charge < -0.3 is 38.1 Å². The molecular weight excluding hydrogens is 973 g/mol. The van der Waals surface area contributed by atoms with Crippen molar-refractivity contribution in [3.8, 4) is 5.75 Å². The molecule has 0 unspecified atom stereocenters. The summed E-state index contributed by atoms with van der Waals surface area (Å²) < 4.78 is 10.2. The van der Waals surface area contributed by atoms with Crippen molar-refractivity contribution in [1.29, 1.82) is 0 Å². The van der Waals surface area contributed by atoms with E-state index >= 15 is 0 Å². The lowest BCUT2D eigenvalue weighted by molar-refractivity contribution is -0.697. The monoisotopic (exact) mass is 1070 g/mol. The van der Waals surface area contributed by atoms with E-state index in [9.17, 15) is 9.59 Å². The first-order chi connectivity index (χ1) is 31.1. The van der Waals surface area contributed by atoms with Gasteiger partial charge in [0.25, 0.3) is 0 Å². The first kappa shape index (κ1) is 64.1. The number of aryl methyl sites for hydroxylation is 2. The van der Waals surface area contributed by atoms with Crippen LogP contribution in [-0.4, -0.2) is 10.2 Å². The molecule has 0 radical (unpaired) electrons. The molecule has 0 N–H and O–H groups in total. The van der Waals surface area contributed by atoms with Gasteiger partial charge in [-0.2, -0.15) is 0 Å². The minimum Gasteiger partial charge on any atom is -1.00 e. The van der Waals surface area contributed by atoms with Crippen LogP contribution < -0.4 is 47.3 Å². The van der Waals surface area contributed by atoms with Gasteiger partial charge in [-0.05, 0) is 25.7 Å². The predicted molar refractivity (Wildman–Crippen MR) is 273 cm³/mol. The molecule has 0 saturated carbocycles. The summed E-state index contributed by atoms with van der Waals surface area (Å²) in [7, 11) is 0. The molecule has 0 spiro atoms. The van der Waals surface area contributed by atoms with Crippen molar-refractivity contribution in [2.45, 2.75) is 289 Å². The highest BCUT2D eigenvalue weighted by Crippen LogP contribution is 2.22. The lowest BCUT2D eigenvalue weighted by Gasteiger charge is -2.04. The zero-order valence-corrected chi connectivity index (χ0v) is 46.8. The van der Waals surface area contributed by atoms with E-state index in [1.54, 1.807) is 0 Å². The second kappa shape index (κ2) is 49.5. The zero-order chi connectivity index (χ0) is 44.9. The Bertz CT molecular complexity index is 1320. The molecule has 0 fully saturated rings. The lowest BCUT2D eigenvalue weighted by Crippen LogP contribution is -3.00. The van der Waals surface area contributed by atoms with Crippen molar-refractivity contribution in [1.82, 2.24) is 0 Å². The van der Waals surface area contributed by atoms with Crippen LogP contribution >= 0.6 is 23.8 Å². The molecule has 65 heavy (non-hydrogen) atoms. The third kappa shape index (κ3) is 41.8. The van der Waals surface area contributed by atoms with E-state index in [2.05, 4.69) is 59.9 Å². The number of rotatable bonds is 46. The number of unbranched alkanes of at least 4 members (excludes halogenated alkanes) is 35. The van der Waals surface area contributed by atoms with E-state index in [0.29, 0.717) is 12.8 Å². The number of aromatic nitrogens is 2. The van der Waals surface area contributed by atoms with Crippen molar-refractivity contribution >= 4 is 34.0 Å². The standard InChI is InChI=1S/C56H98N2O3S2.2BrH/c1-3-5-7-9-11-13-15-17-19-21-23-25-27-31-35-39-47-57-49-43-53(44-50-57)61-63-56(60)42-38-34-30-29-33-37-41-55(59)62-54-45-51-58(52-46-54)48-40-36-32-28-26-24-22-20-18-16-14-12-10-8-6-4-2;;/h43-46,49-52H,3-42,47-48H2,1-2H3;2*1H/q+2;;/p-2. The van der Waals surface area contributed by atoms with Gasteiger partial charge in [0, 0.05) is 54.8 Å². The Labute approximate surface area is 431 Å². The molecule has 2 rings (SSSR count). The van der Waals surface area contributed by atoms with Crippen molar-refractivity contribution in [3.05, 3.63) is 49.1 Å². The van der Waals surface area contributed by atoms with Crippen LogP contribution in [0, 0.1) is 0 Å². The SMILES string of the molecule is CCCCCCCCCCCCCCCCCC[n+]1ccc(OSC(=O)CCCCCCCCC(=O)Sc2cc[n+](CCCCCCCCCCCCCCCCCC)cc2)cc1.[Br-].[Br-]. The molecular formula is C56H98Br2N2O3S2. The number of carbonyl (C=O) groups excluding carboxylic acids is 2. The summed E-state index contributed by atoms with van der Waals surface area (Å²) in [5, 5.41) is 0.353. The minimum atomic E-state index is 0. The second-order valence-corrected chi connectivity index (χ2v) is 20.7. The fraction of sp³-hybridized carbons (Fsp3) is 0.786. The fourth-order valence-electron chi connectivity index (χ4n) is 8.56. The Kier molecular flexibility index (Phi) is 48.8. The normalized spacial score (nSPS) is 11.0. The highest BCUT2D eigenvalue weighted by Gasteiger charge is 2.10. The largest absolute Gasteiger partial charge is 1.00 e. The van der Waals surface area contributed by atoms with E-state index in [4.69, 9.17) is 4.18 Å². The van der Waals surface area contributed by atoms with Crippen LogP contribution in [0.25, 0.3) is 0 Å². The van der Waals surface area contributed by atoms with Gasteiger partial charge in [-0.15, -0.1) is 0 Å². The Hall–Kier alpha value is -0.900. The van der Waals surface area contributed by atoms with Crippen molar-refractivity contribution in [2.75, 3.05) is 0 Å². The number of hydrogen-bond acceptors (Lipinski definition) is 5. The number of thioether (sulfide) groups is 1. The van der Waals surface area contributed by atoms with Crippen LogP contribution in [0.5, 0.6) is 5.75 Å². The minimum absolute atomic E-state index is 0. The first-order valence-corrected chi connectivity index (χ1v) is 28.7. The molecule has 9 heteroatoms. The van der Waals surface area contributed by atoms with Gasteiger partial charge in [0.05, 0.1) is 0 Å². The number of carbonyl (C=O) groups is 2. The maximum atomic E-state index is 12.6. The summed E-state index contributed by atoms with van der Waals surface area (Å²) in [6.07, 6.45) is 60.4. The Morgan fingerprint density at radius 2 is 0.662 bits per heavy atom. The summed E-state index contributed by atoms with van der Waals surface area (Å²) in [5.41, 5.74) is 0. The Morgan fingerprint density at radius 3 is 1.00 bits per heavy atom. The van der Waals surface area contributed by atoms with Gasteiger partial charge in [0.2, 0.25) is 5.12 Å². The molecule has 5 nitrogen and oxygen atoms in total. The van der Waals surface area contributed by atoms with E-state index < -0.39 is 0 Å². The number of pyridine rings is 2. The molecule has 0 atom stereocenters. The van der Waals surface area contributed by atoms with Crippen LogP contribution in [0.3, 0.4) is 0 Å². The van der Waals surface area contributed by atoms with Crippen LogP contribution in [0.2, 0.25) is 0 Å². The second-order valence-electron chi connectivity index (χ2n) is 18.8. The highest BCUT2D eigenvalue weighted by atomic mass is 79.9. The van der Waals surface area contributed by atoms with Gasteiger partial charge in [0.1, 0.15) is 30.9 Å². The van der Waals surface area contributed by atoms with Crippen molar-refractivity contribution < 1.29 is 56.9 Å². The smallest absolute Gasteiger partial charge is 0.227 e. The van der Waals surface area contributed by atoms with E-state index in [1.807, 2.05) is 12.1 Å². The molecule has 2 heterocycles. The number of nitrogens with zero attached hydrogens (tertiary/aromatic N) is 2. The quantitative estimate of drug-likeness (QED) is 0.0286. The molecule has 0 aromatic carbocycles. The average molecular weight is 1070 g/mol. The maximum Gasteiger partial charge on any atom is 0.227 e. The molecule has 2 aromatic heterocycles. The van der Waals surface area contributed by atoms with Crippen molar-refractivity contribution in [2.24, 2.45) is 0 Å². The molecule has 0 saturated heterocycles. The third-order valence-electron chi connectivity index (χ3n) is 12.7. The highest BCUT2D eigenvalue weighted by molar-refractivity contribution is 8.13. The first-order valence-electron chi connectivity index (χ1n) is 27.2. The van der Waals surface area contributed by atoms with Gasteiger partial charge in [-0.3, -0.25) is 9.59 Å². The van der Waals surface area contributed by atoms with E-state index in [1.165, 1.54) is 217 Å². The van der Waals surface area contributed by atoms with Gasteiger partial charge in [-0.1, -0.05) is 231 Å². The molecule has 0 amide bonds. The van der Waals surface area contributed by atoms with Crippen molar-refractivity contribution in [3.63, 3.8) is 0 Å².